The molecule has 3 fully saturated rings. The molecule has 1 atom stereocenters. The van der Waals surface area contributed by atoms with Crippen LogP contribution in [0.1, 0.15) is 36.0 Å². The molecule has 10 nitrogen and oxygen atoms in total. The quantitative estimate of drug-likeness (QED) is 0.426. The molecule has 0 aliphatic carbocycles. The van der Waals surface area contributed by atoms with Crippen LogP contribution in [0.25, 0.3) is 0 Å². The number of nitrogens with one attached hydrogen (secondary N) is 1. The molecule has 3 saturated heterocycles. The number of fused-ring (bicyclic) bond motifs is 1. The molecule has 4 aliphatic rings. The number of rotatable bonds is 7. The van der Waals surface area contributed by atoms with Gasteiger partial charge in [-0.1, -0.05) is 29.8 Å². The average Bonchev–Trinajstić information content (AvgIpc) is 3.20. The van der Waals surface area contributed by atoms with E-state index in [1.807, 2.05) is 29.2 Å². The van der Waals surface area contributed by atoms with Crippen molar-refractivity contribution in [3.05, 3.63) is 58.1 Å². The Morgan fingerprint density at radius 3 is 2.35 bits per heavy atom. The lowest BCUT2D eigenvalue weighted by Gasteiger charge is -2.48. The molecule has 0 radical (unpaired) electrons. The van der Waals surface area contributed by atoms with Crippen molar-refractivity contribution < 1.29 is 27.6 Å². The van der Waals surface area contributed by atoms with E-state index in [1.54, 1.807) is 9.80 Å². The topological polar surface area (TPSA) is 105 Å². The molecule has 4 aliphatic heterocycles. The van der Waals surface area contributed by atoms with Gasteiger partial charge in [-0.15, -0.1) is 0 Å². The maximum Gasteiger partial charge on any atom is 0.418 e. The second-order valence-corrected chi connectivity index (χ2v) is 13.9. The molecule has 48 heavy (non-hydrogen) atoms. The van der Waals surface area contributed by atoms with E-state index in [4.69, 9.17) is 17.3 Å². The Hall–Kier alpha value is -3.55. The number of amides is 4. The van der Waals surface area contributed by atoms with Gasteiger partial charge in [0.25, 0.3) is 0 Å². The van der Waals surface area contributed by atoms with E-state index in [-0.39, 0.29) is 53.4 Å². The number of nitrogen functional groups attached to an aromatic ring is 1. The Morgan fingerprint density at radius 1 is 0.979 bits per heavy atom. The van der Waals surface area contributed by atoms with Crippen LogP contribution in [0.3, 0.4) is 0 Å². The van der Waals surface area contributed by atoms with Crippen LogP contribution in [0.2, 0.25) is 5.02 Å². The highest BCUT2D eigenvalue weighted by molar-refractivity contribution is 6.33. The lowest BCUT2D eigenvalue weighted by molar-refractivity contribution is -0.147. The summed E-state index contributed by atoms with van der Waals surface area (Å²) in [7, 11) is 2.08. The van der Waals surface area contributed by atoms with Gasteiger partial charge in [0.1, 0.15) is 0 Å². The van der Waals surface area contributed by atoms with Crippen molar-refractivity contribution in [3.8, 4) is 0 Å². The number of nitrogens with two attached hydrogens (primary N) is 1. The molecule has 0 spiro atoms. The molecule has 260 valence electrons. The van der Waals surface area contributed by atoms with Crippen LogP contribution in [0, 0.1) is 5.92 Å². The number of piperazine rings is 1. The number of anilines is 2. The van der Waals surface area contributed by atoms with Crippen molar-refractivity contribution in [2.75, 3.05) is 77.0 Å². The maximum absolute atomic E-state index is 13.9. The molecule has 14 heteroatoms. The number of nitrogens with zero attached hydrogens (tertiary/aromatic N) is 5. The number of carbonyl (C=O) groups excluding carboxylic acids is 3. The molecule has 3 N–H and O–H groups in total. The number of likely N-dealkylation sites (tertiary alicyclic amines) is 2. The van der Waals surface area contributed by atoms with E-state index in [1.165, 1.54) is 6.07 Å². The molecule has 4 amide bonds. The summed E-state index contributed by atoms with van der Waals surface area (Å²) >= 11 is 6.12. The summed E-state index contributed by atoms with van der Waals surface area (Å²) in [5.41, 5.74) is 6.15. The number of likely N-dealkylation sites (N-methyl/N-ethyl adjacent to an activating group) is 1. The Bertz CT molecular complexity index is 1520. The van der Waals surface area contributed by atoms with Crippen molar-refractivity contribution in [2.24, 2.45) is 5.92 Å². The van der Waals surface area contributed by atoms with E-state index < -0.39 is 23.3 Å². The van der Waals surface area contributed by atoms with Crippen LogP contribution in [0.5, 0.6) is 0 Å². The highest BCUT2D eigenvalue weighted by Gasteiger charge is 2.40. The molecule has 2 aromatic carbocycles. The molecule has 6 rings (SSSR count). The van der Waals surface area contributed by atoms with E-state index in [2.05, 4.69) is 22.2 Å². The number of piperidine rings is 1. The average molecular weight is 690 g/mol. The first kappa shape index (κ1) is 34.3. The van der Waals surface area contributed by atoms with Crippen molar-refractivity contribution >= 4 is 40.8 Å². The Kier molecular flexibility index (Phi) is 10.1. The first-order valence-corrected chi connectivity index (χ1v) is 17.0. The molecule has 0 bridgehead atoms. The number of benzene rings is 2. The number of hydrogen-bond donors (Lipinski definition) is 2. The van der Waals surface area contributed by atoms with E-state index in [0.717, 1.165) is 49.9 Å². The predicted molar refractivity (Wildman–Crippen MR) is 178 cm³/mol. The predicted octanol–water partition coefficient (Wildman–Crippen LogP) is 4.03. The minimum atomic E-state index is -4.72. The highest BCUT2D eigenvalue weighted by atomic mass is 35.5. The van der Waals surface area contributed by atoms with Crippen LogP contribution in [0.15, 0.2) is 36.4 Å². The smallest absolute Gasteiger partial charge is 0.397 e. The minimum Gasteiger partial charge on any atom is -0.397 e. The molecule has 4 heterocycles. The first-order valence-electron chi connectivity index (χ1n) is 16.7. The van der Waals surface area contributed by atoms with Gasteiger partial charge >= 0.3 is 12.2 Å². The number of alkyl halides is 3. The van der Waals surface area contributed by atoms with Gasteiger partial charge < -0.3 is 30.7 Å². The fourth-order valence-corrected chi connectivity index (χ4v) is 7.62. The third-order valence-electron chi connectivity index (χ3n) is 10.4. The third-order valence-corrected chi connectivity index (χ3v) is 10.7. The van der Waals surface area contributed by atoms with Gasteiger partial charge in [-0.2, -0.15) is 13.2 Å². The van der Waals surface area contributed by atoms with Crippen molar-refractivity contribution in [1.82, 2.24) is 24.5 Å². The van der Waals surface area contributed by atoms with E-state index in [9.17, 15) is 27.6 Å². The van der Waals surface area contributed by atoms with Gasteiger partial charge in [0.2, 0.25) is 11.8 Å². The summed E-state index contributed by atoms with van der Waals surface area (Å²) in [6.07, 6.45) is -3.01. The monoisotopic (exact) mass is 689 g/mol. The summed E-state index contributed by atoms with van der Waals surface area (Å²) in [4.78, 5) is 50.5. The van der Waals surface area contributed by atoms with Crippen molar-refractivity contribution in [1.29, 1.82) is 0 Å². The van der Waals surface area contributed by atoms with Crippen molar-refractivity contribution in [3.63, 3.8) is 0 Å². The Morgan fingerprint density at radius 2 is 1.67 bits per heavy atom. The van der Waals surface area contributed by atoms with E-state index in [0.29, 0.717) is 45.6 Å². The van der Waals surface area contributed by atoms with Gasteiger partial charge in [0.15, 0.2) is 0 Å². The van der Waals surface area contributed by atoms with Gasteiger partial charge in [-0.05, 0) is 62.1 Å². The molecular weight excluding hydrogens is 647 g/mol. The summed E-state index contributed by atoms with van der Waals surface area (Å²) < 4.78 is 41.3. The van der Waals surface area contributed by atoms with Crippen LogP contribution < -0.4 is 11.1 Å². The standard InChI is InChI=1S/C34H43ClF3N7O3/c1-41-12-14-42(15-13-41)26-20-44(21-26)32(47)24(16-22-17-27(34(36,37)38)31(39)28(35)18-22)19-30(46)43-9-7-25(8-10-43)45-11-6-23-4-2-3-5-29(23)40-33(45)48/h2-5,17-18,24-26H,6-16,19-21,39H2,1H3,(H,40,48)/t24-/m0/s1. The Balaban J connectivity index is 1.11. The Labute approximate surface area is 283 Å². The van der Waals surface area contributed by atoms with Gasteiger partial charge in [0, 0.05) is 83.1 Å². The first-order chi connectivity index (χ1) is 22.9. The lowest BCUT2D eigenvalue weighted by atomic mass is 9.90. The normalized spacial score (nSPS) is 20.9. The second-order valence-electron chi connectivity index (χ2n) is 13.5. The number of hydrogen-bond acceptors (Lipinski definition) is 6. The molecule has 2 aromatic rings. The second kappa shape index (κ2) is 14.1. The van der Waals surface area contributed by atoms with Crippen LogP contribution in [0.4, 0.5) is 29.3 Å². The molecular formula is C34H43ClF3N7O3. The van der Waals surface area contributed by atoms with Gasteiger partial charge in [-0.25, -0.2) is 4.79 Å². The summed E-state index contributed by atoms with van der Waals surface area (Å²) in [6, 6.07) is 10.1. The van der Waals surface area contributed by atoms with Gasteiger partial charge in [0.05, 0.1) is 22.2 Å². The lowest BCUT2D eigenvalue weighted by Crippen LogP contribution is -2.64. The van der Waals surface area contributed by atoms with Crippen molar-refractivity contribution in [2.45, 2.75) is 50.4 Å². The van der Waals surface area contributed by atoms with Crippen LogP contribution in [-0.2, 0) is 28.6 Å². The molecule has 0 unspecified atom stereocenters. The van der Waals surface area contributed by atoms with Crippen LogP contribution >= 0.6 is 11.6 Å². The summed E-state index contributed by atoms with van der Waals surface area (Å²) in [6.45, 7) is 6.20. The number of halogens is 4. The number of para-hydroxylation sites is 1. The number of urea groups is 1. The fourth-order valence-electron chi connectivity index (χ4n) is 7.37. The minimum absolute atomic E-state index is 0.0360. The maximum atomic E-state index is 13.9. The zero-order chi connectivity index (χ0) is 34.2. The largest absolute Gasteiger partial charge is 0.418 e. The SMILES string of the molecule is CN1CCN(C2CN(C(=O)[C@H](CC(=O)N3CCC(N4CCc5ccccc5NC4=O)CC3)Cc3cc(Cl)c(N)c(C(F)(F)F)c3)C2)CC1. The highest BCUT2D eigenvalue weighted by Crippen LogP contribution is 2.39. The zero-order valence-electron chi connectivity index (χ0n) is 27.1. The van der Waals surface area contributed by atoms with E-state index >= 15 is 0 Å². The molecule has 0 saturated carbocycles. The summed E-state index contributed by atoms with van der Waals surface area (Å²) in [5.74, 6) is -1.33. The third kappa shape index (κ3) is 7.52. The molecule has 0 aromatic heterocycles. The zero-order valence-corrected chi connectivity index (χ0v) is 27.9. The fraction of sp³-hybridized carbons (Fsp3) is 0.559. The van der Waals surface area contributed by atoms with Crippen LogP contribution in [-0.4, -0.2) is 120 Å². The summed E-state index contributed by atoms with van der Waals surface area (Å²) in [5, 5.41) is 2.77. The number of carbonyl (C=O) groups is 3. The van der Waals surface area contributed by atoms with Gasteiger partial charge in [-0.3, -0.25) is 14.5 Å².